The van der Waals surface area contributed by atoms with Gasteiger partial charge in [-0.3, -0.25) is 0 Å². The number of aliphatic hydroxyl groups excluding tert-OH is 3. The van der Waals surface area contributed by atoms with Crippen LogP contribution in [0, 0.1) is 0 Å². The zero-order valence-corrected chi connectivity index (χ0v) is 13.8. The van der Waals surface area contributed by atoms with Gasteiger partial charge in [0.05, 0.1) is 51.8 Å². The third kappa shape index (κ3) is 6.53. The van der Waals surface area contributed by atoms with Crippen LogP contribution < -0.4 is 0 Å². The molecule has 3 fully saturated rings. The molecule has 8 heteroatoms. The highest BCUT2D eigenvalue weighted by Crippen LogP contribution is 2.20. The highest BCUT2D eigenvalue weighted by molar-refractivity contribution is 4.84. The predicted molar refractivity (Wildman–Crippen MR) is 81.7 cm³/mol. The van der Waals surface area contributed by atoms with Crippen LogP contribution in [-0.2, 0) is 23.7 Å². The Morgan fingerprint density at radius 3 is 2.12 bits per heavy atom. The van der Waals surface area contributed by atoms with Crippen molar-refractivity contribution >= 4 is 0 Å². The molecule has 3 aliphatic rings. The van der Waals surface area contributed by atoms with Crippen molar-refractivity contribution in [3.63, 3.8) is 0 Å². The van der Waals surface area contributed by atoms with Gasteiger partial charge in [-0.25, -0.2) is 0 Å². The molecular weight excluding hydrogens is 320 g/mol. The molecule has 24 heavy (non-hydrogen) atoms. The van der Waals surface area contributed by atoms with Crippen LogP contribution in [0.1, 0.15) is 19.3 Å². The first-order chi connectivity index (χ1) is 11.6. The molecule has 0 bridgehead atoms. The molecule has 8 nitrogen and oxygen atoms in total. The molecule has 140 valence electrons. The van der Waals surface area contributed by atoms with Crippen LogP contribution in [0.5, 0.6) is 0 Å². The minimum Gasteiger partial charge on any atom is -0.390 e. The van der Waals surface area contributed by atoms with Gasteiger partial charge in [0.2, 0.25) is 0 Å². The van der Waals surface area contributed by atoms with Gasteiger partial charge in [0, 0.05) is 0 Å². The first kappa shape index (κ1) is 18.5. The minimum absolute atomic E-state index is 0.0482. The zero-order chi connectivity index (χ0) is 16.9. The van der Waals surface area contributed by atoms with Crippen molar-refractivity contribution in [3.05, 3.63) is 0 Å². The Kier molecular flexibility index (Phi) is 6.82. The summed E-state index contributed by atoms with van der Waals surface area (Å²) in [6, 6.07) is 0. The summed E-state index contributed by atoms with van der Waals surface area (Å²) >= 11 is 0. The topological polar surface area (TPSA) is 117 Å². The summed E-state index contributed by atoms with van der Waals surface area (Å²) in [5.41, 5.74) is 0. The van der Waals surface area contributed by atoms with Crippen molar-refractivity contribution in [3.8, 4) is 0 Å². The summed E-state index contributed by atoms with van der Waals surface area (Å²) in [5, 5.41) is 30.7. The fraction of sp³-hybridized carbons (Fsp3) is 1.00. The first-order valence-corrected chi connectivity index (χ1v) is 8.72. The normalized spacial score (nSPS) is 32.9. The van der Waals surface area contributed by atoms with E-state index in [0.717, 1.165) is 19.4 Å². The van der Waals surface area contributed by atoms with Gasteiger partial charge in [-0.2, -0.15) is 0 Å². The lowest BCUT2D eigenvalue weighted by Crippen LogP contribution is -2.47. The molecular formula is C16H28O8. The molecule has 7 unspecified atom stereocenters. The lowest BCUT2D eigenvalue weighted by atomic mass is 9.98. The highest BCUT2D eigenvalue weighted by atomic mass is 16.6. The van der Waals surface area contributed by atoms with E-state index in [1.165, 1.54) is 0 Å². The molecule has 0 aliphatic carbocycles. The molecule has 0 aromatic heterocycles. The van der Waals surface area contributed by atoms with E-state index in [2.05, 4.69) is 0 Å². The Balaban J connectivity index is 1.40. The lowest BCUT2D eigenvalue weighted by molar-refractivity contribution is -0.144. The molecule has 3 rings (SSSR count). The Hall–Kier alpha value is -0.320. The monoisotopic (exact) mass is 348 g/mol. The summed E-state index contributed by atoms with van der Waals surface area (Å²) in [6.07, 6.45) is -1.75. The molecule has 0 aromatic carbocycles. The number of aliphatic hydroxyl groups is 3. The average molecular weight is 348 g/mol. The second kappa shape index (κ2) is 8.86. The summed E-state index contributed by atoms with van der Waals surface area (Å²) in [6.45, 7) is 3.03. The molecule has 3 saturated heterocycles. The summed E-state index contributed by atoms with van der Waals surface area (Å²) in [7, 11) is 0. The highest BCUT2D eigenvalue weighted by Gasteiger charge is 2.35. The standard InChI is InChI=1S/C16H28O8/c17-13(3-1-2-10-5-21-10)15(18)16(19)14(24-8-12-7-23-12)9-20-4-11-6-22-11/h10-19H,1-9H2. The number of rotatable bonds is 14. The van der Waals surface area contributed by atoms with E-state index in [9.17, 15) is 15.3 Å². The maximum absolute atomic E-state index is 10.4. The van der Waals surface area contributed by atoms with E-state index >= 15 is 0 Å². The van der Waals surface area contributed by atoms with E-state index in [1.54, 1.807) is 0 Å². The molecule has 0 radical (unpaired) electrons. The lowest BCUT2D eigenvalue weighted by Gasteiger charge is -2.29. The van der Waals surface area contributed by atoms with E-state index in [0.29, 0.717) is 39.0 Å². The first-order valence-electron chi connectivity index (χ1n) is 8.72. The van der Waals surface area contributed by atoms with Crippen molar-refractivity contribution in [2.75, 3.05) is 39.6 Å². The summed E-state index contributed by atoms with van der Waals surface area (Å²) in [5.74, 6) is 0. The van der Waals surface area contributed by atoms with E-state index < -0.39 is 24.4 Å². The Labute approximate surface area is 141 Å². The number of hydrogen-bond donors (Lipinski definition) is 3. The number of ether oxygens (including phenoxy) is 5. The second-order valence-electron chi connectivity index (χ2n) is 6.75. The summed E-state index contributed by atoms with van der Waals surface area (Å²) in [4.78, 5) is 0. The van der Waals surface area contributed by atoms with Crippen LogP contribution in [0.25, 0.3) is 0 Å². The van der Waals surface area contributed by atoms with Gasteiger partial charge in [-0.05, 0) is 19.3 Å². The Morgan fingerprint density at radius 2 is 1.50 bits per heavy atom. The second-order valence-corrected chi connectivity index (χ2v) is 6.75. The predicted octanol–water partition coefficient (Wildman–Crippen LogP) is -1.16. The van der Waals surface area contributed by atoms with Crippen LogP contribution in [0.15, 0.2) is 0 Å². The van der Waals surface area contributed by atoms with Crippen molar-refractivity contribution in [2.45, 2.75) is 62.0 Å². The maximum atomic E-state index is 10.4. The van der Waals surface area contributed by atoms with Crippen LogP contribution in [0.3, 0.4) is 0 Å². The minimum atomic E-state index is -1.28. The molecule has 0 amide bonds. The van der Waals surface area contributed by atoms with Crippen molar-refractivity contribution in [1.82, 2.24) is 0 Å². The van der Waals surface area contributed by atoms with E-state index in [1.807, 2.05) is 0 Å². The van der Waals surface area contributed by atoms with Crippen LogP contribution in [-0.4, -0.2) is 97.7 Å². The zero-order valence-electron chi connectivity index (χ0n) is 13.8. The van der Waals surface area contributed by atoms with Crippen molar-refractivity contribution in [2.24, 2.45) is 0 Å². The average Bonchev–Trinajstić information content (AvgIpc) is 3.41. The smallest absolute Gasteiger partial charge is 0.111 e. The third-order valence-corrected chi connectivity index (χ3v) is 4.44. The SMILES string of the molecule is OC(CCCC1CO1)C(O)C(O)C(COCC1CO1)OCC1CO1. The third-order valence-electron chi connectivity index (χ3n) is 4.44. The van der Waals surface area contributed by atoms with Gasteiger partial charge in [-0.1, -0.05) is 0 Å². The molecule has 0 spiro atoms. The Morgan fingerprint density at radius 1 is 0.875 bits per heavy atom. The number of hydrogen-bond acceptors (Lipinski definition) is 8. The molecule has 3 aliphatic heterocycles. The quantitative estimate of drug-likeness (QED) is 0.337. The van der Waals surface area contributed by atoms with Gasteiger partial charge in [0.25, 0.3) is 0 Å². The fourth-order valence-electron chi connectivity index (χ4n) is 2.53. The Bertz CT molecular complexity index is 369. The molecule has 0 saturated carbocycles. The van der Waals surface area contributed by atoms with Gasteiger partial charge < -0.3 is 39.0 Å². The number of epoxide rings is 3. The molecule has 3 heterocycles. The largest absolute Gasteiger partial charge is 0.390 e. The molecule has 3 N–H and O–H groups in total. The molecule has 0 aromatic rings. The fourth-order valence-corrected chi connectivity index (χ4v) is 2.53. The van der Waals surface area contributed by atoms with Gasteiger partial charge in [-0.15, -0.1) is 0 Å². The maximum Gasteiger partial charge on any atom is 0.111 e. The van der Waals surface area contributed by atoms with Gasteiger partial charge in [0.1, 0.15) is 30.5 Å². The molecule has 7 atom stereocenters. The van der Waals surface area contributed by atoms with Crippen molar-refractivity contribution in [1.29, 1.82) is 0 Å². The van der Waals surface area contributed by atoms with Gasteiger partial charge >= 0.3 is 0 Å². The van der Waals surface area contributed by atoms with Crippen LogP contribution in [0.2, 0.25) is 0 Å². The van der Waals surface area contributed by atoms with Crippen molar-refractivity contribution < 1.29 is 39.0 Å². The van der Waals surface area contributed by atoms with Crippen LogP contribution in [0.4, 0.5) is 0 Å². The summed E-state index contributed by atoms with van der Waals surface area (Å²) < 4.78 is 26.4. The van der Waals surface area contributed by atoms with E-state index in [-0.39, 0.29) is 18.8 Å². The van der Waals surface area contributed by atoms with Gasteiger partial charge in [0.15, 0.2) is 0 Å². The van der Waals surface area contributed by atoms with Crippen LogP contribution >= 0.6 is 0 Å². The van der Waals surface area contributed by atoms with E-state index in [4.69, 9.17) is 23.7 Å².